The van der Waals surface area contributed by atoms with Crippen LogP contribution in [-0.2, 0) is 9.47 Å². The largest absolute Gasteiger partial charge is 0.484 e. The molecule has 0 saturated carbocycles. The molecule has 3 heterocycles. The molecule has 0 aliphatic carbocycles. The number of ether oxygens (including phenoxy) is 3. The van der Waals surface area contributed by atoms with Crippen LogP contribution in [0.5, 0.6) is 5.75 Å². The van der Waals surface area contributed by atoms with Crippen LogP contribution in [0.4, 0.5) is 29.7 Å². The second-order valence-electron chi connectivity index (χ2n) is 9.94. The molecule has 1 aromatic carbocycles. The fourth-order valence-corrected chi connectivity index (χ4v) is 3.91. The number of hydrogen-bond acceptors (Lipinski definition) is 10. The Bertz CT molecular complexity index is 1300. The Balaban J connectivity index is 1.46. The molecular weight excluding hydrogens is 521 g/mol. The molecule has 0 spiro atoms. The minimum absolute atomic E-state index is 0.0218. The molecule has 0 unspecified atom stereocenters. The summed E-state index contributed by atoms with van der Waals surface area (Å²) in [6, 6.07) is 6.61. The molecule has 3 aromatic rings. The number of rotatable bonds is 9. The van der Waals surface area contributed by atoms with Crippen LogP contribution in [0.15, 0.2) is 41.1 Å². The zero-order chi connectivity index (χ0) is 28.4. The highest BCUT2D eigenvalue weighted by molar-refractivity contribution is 5.89. The van der Waals surface area contributed by atoms with E-state index in [1.807, 2.05) is 27.7 Å². The van der Waals surface area contributed by atoms with Crippen molar-refractivity contribution in [2.24, 2.45) is 0 Å². The van der Waals surface area contributed by atoms with Gasteiger partial charge in [0, 0.05) is 11.8 Å². The number of hydrogen-bond donors (Lipinski definition) is 1. The minimum Gasteiger partial charge on any atom is -0.484 e. The summed E-state index contributed by atoms with van der Waals surface area (Å²) in [6.45, 7) is 8.16. The highest BCUT2D eigenvalue weighted by atomic mass is 19.4. The van der Waals surface area contributed by atoms with E-state index in [2.05, 4.69) is 25.4 Å². The third-order valence-electron chi connectivity index (χ3n) is 5.53. The lowest BCUT2D eigenvalue weighted by molar-refractivity contribution is -0.153. The van der Waals surface area contributed by atoms with E-state index in [0.29, 0.717) is 11.4 Å². The Labute approximate surface area is 222 Å². The zero-order valence-corrected chi connectivity index (χ0v) is 22.0. The molecule has 14 heteroatoms. The summed E-state index contributed by atoms with van der Waals surface area (Å²) < 4.78 is 58.8. The van der Waals surface area contributed by atoms with Crippen molar-refractivity contribution in [3.8, 4) is 17.1 Å². The molecule has 0 bridgehead atoms. The first kappa shape index (κ1) is 28.1. The number of halogens is 3. The van der Waals surface area contributed by atoms with E-state index in [1.54, 1.807) is 19.1 Å². The van der Waals surface area contributed by atoms with Gasteiger partial charge in [-0.1, -0.05) is 17.3 Å². The fourth-order valence-electron chi connectivity index (χ4n) is 3.91. The van der Waals surface area contributed by atoms with Crippen LogP contribution < -0.4 is 15.0 Å². The van der Waals surface area contributed by atoms with E-state index in [9.17, 15) is 18.0 Å². The maximum Gasteiger partial charge on any atom is 0.422 e. The van der Waals surface area contributed by atoms with Crippen molar-refractivity contribution in [1.82, 2.24) is 20.1 Å². The Morgan fingerprint density at radius 1 is 1.18 bits per heavy atom. The normalized spacial score (nSPS) is 17.6. The van der Waals surface area contributed by atoms with Gasteiger partial charge < -0.3 is 24.1 Å². The Hall–Kier alpha value is -3.94. The van der Waals surface area contributed by atoms with Crippen molar-refractivity contribution < 1.29 is 36.7 Å². The van der Waals surface area contributed by atoms with Crippen molar-refractivity contribution in [3.05, 3.63) is 42.4 Å². The SMILES string of the molecule is C[C@H](Nc1nccc(N2C(=O)OC[C@@H]2[C@@H](C)OC(C)(C)C)n1)c1nc(-c2cccc(OCC(F)(F)F)c2)no1. The standard InChI is InChI=1S/C25H29F3N6O5/c1-14(21-32-20(33-39-21)16-7-6-8-17(11-16)37-13-25(26,27)28)30-22-29-10-9-19(31-22)34-18(12-36-23(34)35)15(2)38-24(3,4)5/h6-11,14-15,18H,12-13H2,1-5H3,(H,29,30,31)/t14-,15+,18+/m0/s1. The van der Waals surface area contributed by atoms with Gasteiger partial charge in [-0.05, 0) is 52.8 Å². The zero-order valence-electron chi connectivity index (χ0n) is 22.0. The molecule has 3 atom stereocenters. The van der Waals surface area contributed by atoms with Gasteiger partial charge in [-0.3, -0.25) is 4.90 Å². The molecule has 2 aromatic heterocycles. The van der Waals surface area contributed by atoms with E-state index in [1.165, 1.54) is 29.3 Å². The summed E-state index contributed by atoms with van der Waals surface area (Å²) in [7, 11) is 0. The topological polar surface area (TPSA) is 125 Å². The molecule has 1 saturated heterocycles. The summed E-state index contributed by atoms with van der Waals surface area (Å²) in [5, 5.41) is 6.97. The van der Waals surface area contributed by atoms with Gasteiger partial charge in [0.2, 0.25) is 17.7 Å². The number of nitrogens with one attached hydrogen (secondary N) is 1. The molecule has 210 valence electrons. The van der Waals surface area contributed by atoms with Crippen molar-refractivity contribution in [1.29, 1.82) is 0 Å². The summed E-state index contributed by atoms with van der Waals surface area (Å²) >= 11 is 0. The van der Waals surface area contributed by atoms with Crippen molar-refractivity contribution >= 4 is 17.9 Å². The molecule has 1 amide bonds. The Morgan fingerprint density at radius 2 is 1.95 bits per heavy atom. The number of anilines is 2. The third-order valence-corrected chi connectivity index (χ3v) is 5.53. The quantitative estimate of drug-likeness (QED) is 0.381. The number of alkyl halides is 3. The van der Waals surface area contributed by atoms with Crippen molar-refractivity contribution in [3.63, 3.8) is 0 Å². The van der Waals surface area contributed by atoms with E-state index in [4.69, 9.17) is 18.7 Å². The summed E-state index contributed by atoms with van der Waals surface area (Å²) in [4.78, 5) is 27.0. The second-order valence-corrected chi connectivity index (χ2v) is 9.94. The van der Waals surface area contributed by atoms with Crippen LogP contribution in [-0.4, -0.2) is 63.3 Å². The first-order chi connectivity index (χ1) is 18.3. The van der Waals surface area contributed by atoms with E-state index >= 15 is 0 Å². The molecule has 1 aliphatic heterocycles. The monoisotopic (exact) mass is 550 g/mol. The van der Waals surface area contributed by atoms with Gasteiger partial charge in [0.1, 0.15) is 30.3 Å². The number of aromatic nitrogens is 4. The predicted molar refractivity (Wildman–Crippen MR) is 133 cm³/mol. The number of carbonyl (C=O) groups is 1. The van der Waals surface area contributed by atoms with Gasteiger partial charge in [0.05, 0.1) is 11.7 Å². The van der Waals surface area contributed by atoms with Gasteiger partial charge >= 0.3 is 12.3 Å². The average Bonchev–Trinajstić information content (AvgIpc) is 3.49. The number of cyclic esters (lactones) is 1. The maximum absolute atomic E-state index is 12.5. The molecular formula is C25H29F3N6O5. The molecule has 4 rings (SSSR count). The highest BCUT2D eigenvalue weighted by Crippen LogP contribution is 2.28. The predicted octanol–water partition coefficient (Wildman–Crippen LogP) is 5.17. The number of amides is 1. The second kappa shape index (κ2) is 11.0. The minimum atomic E-state index is -4.45. The average molecular weight is 551 g/mol. The van der Waals surface area contributed by atoms with Gasteiger partial charge in [-0.25, -0.2) is 9.78 Å². The maximum atomic E-state index is 12.5. The summed E-state index contributed by atoms with van der Waals surface area (Å²) in [5.74, 6) is 0.907. The summed E-state index contributed by atoms with van der Waals surface area (Å²) in [5.41, 5.74) is 0.00512. The number of carbonyl (C=O) groups excluding carboxylic acids is 1. The Kier molecular flexibility index (Phi) is 7.95. The highest BCUT2D eigenvalue weighted by Gasteiger charge is 2.40. The molecule has 39 heavy (non-hydrogen) atoms. The molecule has 1 N–H and O–H groups in total. The third kappa shape index (κ3) is 7.34. The number of nitrogens with zero attached hydrogens (tertiary/aromatic N) is 5. The fraction of sp³-hybridized carbons (Fsp3) is 0.480. The van der Waals surface area contributed by atoms with Crippen LogP contribution in [0.1, 0.15) is 46.6 Å². The van der Waals surface area contributed by atoms with Gasteiger partial charge in [-0.2, -0.15) is 23.1 Å². The molecule has 1 aliphatic rings. The number of benzene rings is 1. The molecule has 1 fully saturated rings. The molecule has 11 nitrogen and oxygen atoms in total. The van der Waals surface area contributed by atoms with Gasteiger partial charge in [0.15, 0.2) is 6.61 Å². The molecule has 0 radical (unpaired) electrons. The first-order valence-electron chi connectivity index (χ1n) is 12.2. The van der Waals surface area contributed by atoms with Crippen molar-refractivity contribution in [2.45, 2.75) is 64.6 Å². The lowest BCUT2D eigenvalue weighted by Gasteiger charge is -2.31. The summed E-state index contributed by atoms with van der Waals surface area (Å²) in [6.07, 6.45) is -3.81. The van der Waals surface area contributed by atoms with E-state index in [0.717, 1.165) is 0 Å². The lowest BCUT2D eigenvalue weighted by atomic mass is 10.1. The lowest BCUT2D eigenvalue weighted by Crippen LogP contribution is -2.45. The van der Waals surface area contributed by atoms with Crippen LogP contribution in [0.3, 0.4) is 0 Å². The van der Waals surface area contributed by atoms with Crippen LogP contribution in [0.25, 0.3) is 11.4 Å². The van der Waals surface area contributed by atoms with E-state index in [-0.39, 0.29) is 42.2 Å². The first-order valence-corrected chi connectivity index (χ1v) is 12.2. The van der Waals surface area contributed by atoms with Crippen LogP contribution in [0.2, 0.25) is 0 Å². The smallest absolute Gasteiger partial charge is 0.422 e. The van der Waals surface area contributed by atoms with Crippen LogP contribution in [0, 0.1) is 0 Å². The van der Waals surface area contributed by atoms with Gasteiger partial charge in [0.25, 0.3) is 0 Å². The van der Waals surface area contributed by atoms with Crippen molar-refractivity contribution in [2.75, 3.05) is 23.4 Å². The Morgan fingerprint density at radius 3 is 2.67 bits per heavy atom. The van der Waals surface area contributed by atoms with Crippen LogP contribution >= 0.6 is 0 Å². The van der Waals surface area contributed by atoms with Gasteiger partial charge in [-0.15, -0.1) is 0 Å². The van der Waals surface area contributed by atoms with E-state index < -0.39 is 30.5 Å².